The molecule has 0 amide bonds. The zero-order valence-corrected chi connectivity index (χ0v) is 27.4. The topological polar surface area (TPSA) is 49.6 Å². The molecule has 0 saturated heterocycles. The average Bonchev–Trinajstić information content (AvgIpc) is 3.20. The van der Waals surface area contributed by atoms with E-state index in [4.69, 9.17) is 15.4 Å². The number of fused-ring (bicyclic) bond motifs is 1. The van der Waals surface area contributed by atoms with Crippen molar-refractivity contribution in [2.75, 3.05) is 0 Å². The van der Waals surface area contributed by atoms with Crippen LogP contribution in [-0.4, -0.2) is 15.7 Å². The Hall–Kier alpha value is -6.71. The van der Waals surface area contributed by atoms with E-state index in [-0.39, 0.29) is 0 Å². The monoisotopic (exact) mass is 639 g/mol. The fourth-order valence-electron chi connectivity index (χ4n) is 6.39. The van der Waals surface area contributed by atoms with Crippen molar-refractivity contribution in [2.24, 2.45) is 0 Å². The van der Waals surface area contributed by atoms with Crippen molar-refractivity contribution in [1.82, 2.24) is 9.97 Å². The highest BCUT2D eigenvalue weighted by molar-refractivity contribution is 6.13. The van der Waals surface area contributed by atoms with Crippen molar-refractivity contribution in [3.05, 3.63) is 211 Å². The van der Waals surface area contributed by atoms with E-state index in [9.17, 15) is 0 Å². The van der Waals surface area contributed by atoms with Gasteiger partial charge in [-0.15, -0.1) is 0 Å². The van der Waals surface area contributed by atoms with Gasteiger partial charge < -0.3 is 5.41 Å². The number of aromatic nitrogens is 2. The van der Waals surface area contributed by atoms with Gasteiger partial charge in [-0.25, -0.2) is 9.97 Å². The summed E-state index contributed by atoms with van der Waals surface area (Å²) in [7, 11) is 0. The van der Waals surface area contributed by atoms with Gasteiger partial charge in [-0.1, -0.05) is 170 Å². The molecule has 0 aliphatic carbocycles. The van der Waals surface area contributed by atoms with Gasteiger partial charge in [0.15, 0.2) is 5.82 Å². The van der Waals surface area contributed by atoms with Gasteiger partial charge in [-0.2, -0.15) is 0 Å². The summed E-state index contributed by atoms with van der Waals surface area (Å²) in [4.78, 5) is 10.1. The Balaban J connectivity index is 1.24. The minimum Gasteiger partial charge on any atom is -0.300 e. The molecule has 8 aromatic rings. The minimum absolute atomic E-state index is 0.470. The second-order valence-corrected chi connectivity index (χ2v) is 12.2. The average molecular weight is 640 g/mol. The van der Waals surface area contributed by atoms with Crippen LogP contribution >= 0.6 is 0 Å². The predicted molar refractivity (Wildman–Crippen MR) is 208 cm³/mol. The molecule has 0 saturated carbocycles. The van der Waals surface area contributed by atoms with Crippen LogP contribution in [0.4, 0.5) is 0 Å². The first kappa shape index (κ1) is 30.6. The van der Waals surface area contributed by atoms with Crippen molar-refractivity contribution in [1.29, 1.82) is 5.41 Å². The van der Waals surface area contributed by atoms with Crippen LogP contribution in [0.3, 0.4) is 0 Å². The van der Waals surface area contributed by atoms with E-state index in [1.54, 1.807) is 0 Å². The van der Waals surface area contributed by atoms with Crippen LogP contribution in [0, 0.1) is 5.41 Å². The van der Waals surface area contributed by atoms with Gasteiger partial charge in [0.2, 0.25) is 0 Å². The summed E-state index contributed by atoms with van der Waals surface area (Å²) in [5.41, 5.74) is 11.5. The Morgan fingerprint density at radius 2 is 0.940 bits per heavy atom. The Bertz CT molecular complexity index is 2410. The van der Waals surface area contributed by atoms with Gasteiger partial charge in [0.1, 0.15) is 0 Å². The number of allylic oxidation sites excluding steroid dienone is 1. The third-order valence-corrected chi connectivity index (χ3v) is 8.95. The molecule has 0 atom stereocenters. The number of hydrogen-bond acceptors (Lipinski definition) is 3. The zero-order chi connectivity index (χ0) is 33.7. The van der Waals surface area contributed by atoms with E-state index in [1.165, 1.54) is 0 Å². The zero-order valence-electron chi connectivity index (χ0n) is 27.4. The highest BCUT2D eigenvalue weighted by Gasteiger charge is 2.14. The van der Waals surface area contributed by atoms with E-state index in [0.29, 0.717) is 11.5 Å². The second kappa shape index (κ2) is 13.8. The van der Waals surface area contributed by atoms with E-state index in [1.807, 2.05) is 78.9 Å². The molecule has 3 heteroatoms. The van der Waals surface area contributed by atoms with Gasteiger partial charge in [0, 0.05) is 16.7 Å². The number of nitrogens with zero attached hydrogens (tertiary/aromatic N) is 2. The molecule has 0 unspecified atom stereocenters. The van der Waals surface area contributed by atoms with E-state index >= 15 is 0 Å². The van der Waals surface area contributed by atoms with Crippen molar-refractivity contribution in [3.63, 3.8) is 0 Å². The minimum atomic E-state index is 0.470. The summed E-state index contributed by atoms with van der Waals surface area (Å²) in [6.45, 7) is 0. The first-order chi connectivity index (χ1) is 24.7. The lowest BCUT2D eigenvalue weighted by Crippen LogP contribution is -1.98. The largest absolute Gasteiger partial charge is 0.300 e. The summed E-state index contributed by atoms with van der Waals surface area (Å²) in [5, 5.41) is 11.3. The Kier molecular flexibility index (Phi) is 8.45. The van der Waals surface area contributed by atoms with Gasteiger partial charge >= 0.3 is 0 Å². The third-order valence-electron chi connectivity index (χ3n) is 8.95. The highest BCUT2D eigenvalue weighted by atomic mass is 14.9. The van der Waals surface area contributed by atoms with Crippen LogP contribution in [0.5, 0.6) is 0 Å². The van der Waals surface area contributed by atoms with E-state index < -0.39 is 0 Å². The van der Waals surface area contributed by atoms with E-state index in [0.717, 1.165) is 72.2 Å². The molecule has 0 aliphatic rings. The molecule has 0 fully saturated rings. The summed E-state index contributed by atoms with van der Waals surface area (Å²) in [5.74, 6) is 0.683. The van der Waals surface area contributed by atoms with Crippen LogP contribution in [0.2, 0.25) is 0 Å². The van der Waals surface area contributed by atoms with Crippen LogP contribution < -0.4 is 0 Å². The van der Waals surface area contributed by atoms with Crippen molar-refractivity contribution in [3.8, 4) is 45.0 Å². The molecular formula is C47H33N3. The quantitative estimate of drug-likeness (QED) is 0.168. The lowest BCUT2D eigenvalue weighted by molar-refractivity contribution is 1.18. The number of rotatable bonds is 8. The molecule has 1 heterocycles. The second-order valence-electron chi connectivity index (χ2n) is 12.2. The fourth-order valence-corrected chi connectivity index (χ4v) is 6.39. The molecule has 7 aromatic carbocycles. The lowest BCUT2D eigenvalue weighted by Gasteiger charge is -2.14. The molecule has 3 nitrogen and oxygen atoms in total. The number of hydrogen-bond donors (Lipinski definition) is 1. The van der Waals surface area contributed by atoms with Gasteiger partial charge in [0.05, 0.1) is 17.1 Å². The highest BCUT2D eigenvalue weighted by Crippen LogP contribution is 2.35. The number of nitrogens with one attached hydrogen (secondary N) is 1. The molecule has 8 rings (SSSR count). The van der Waals surface area contributed by atoms with E-state index in [2.05, 4.69) is 115 Å². The van der Waals surface area contributed by atoms with Gasteiger partial charge in [0.25, 0.3) is 0 Å². The van der Waals surface area contributed by atoms with Crippen molar-refractivity contribution in [2.45, 2.75) is 0 Å². The maximum Gasteiger partial charge on any atom is 0.160 e. The normalized spacial score (nSPS) is 11.4. The molecule has 236 valence electrons. The molecule has 0 spiro atoms. The molecule has 0 bridgehead atoms. The first-order valence-corrected chi connectivity index (χ1v) is 16.7. The predicted octanol–water partition coefficient (Wildman–Crippen LogP) is 11.8. The SMILES string of the molecule is N=C(/C=C(/c1ccccc1)c1cccc2ccc(-c3cccc(-c4nc(-c5ccccc5)cc(-c5ccccc5)n4)c3)cc12)c1ccccc1. The van der Waals surface area contributed by atoms with Crippen molar-refractivity contribution >= 4 is 22.1 Å². The van der Waals surface area contributed by atoms with Crippen LogP contribution in [0.1, 0.15) is 16.7 Å². The maximum absolute atomic E-state index is 9.00. The fraction of sp³-hybridized carbons (Fsp3) is 0. The van der Waals surface area contributed by atoms with Crippen LogP contribution in [-0.2, 0) is 0 Å². The summed E-state index contributed by atoms with van der Waals surface area (Å²) in [6.07, 6.45) is 1.99. The smallest absolute Gasteiger partial charge is 0.160 e. The molecule has 1 aromatic heterocycles. The molecule has 0 radical (unpaired) electrons. The Labute approximate surface area is 292 Å². The first-order valence-electron chi connectivity index (χ1n) is 16.7. The molecule has 0 aliphatic heterocycles. The lowest BCUT2D eigenvalue weighted by atomic mass is 9.90. The van der Waals surface area contributed by atoms with Gasteiger partial charge in [-0.05, 0) is 68.4 Å². The molecular weight excluding hydrogens is 607 g/mol. The van der Waals surface area contributed by atoms with Crippen molar-refractivity contribution < 1.29 is 0 Å². The Morgan fingerprint density at radius 1 is 0.420 bits per heavy atom. The Morgan fingerprint density at radius 3 is 1.58 bits per heavy atom. The van der Waals surface area contributed by atoms with Crippen LogP contribution in [0.15, 0.2) is 194 Å². The molecule has 1 N–H and O–H groups in total. The van der Waals surface area contributed by atoms with Crippen LogP contribution in [0.25, 0.3) is 61.4 Å². The number of benzene rings is 7. The summed E-state index contributed by atoms with van der Waals surface area (Å²) < 4.78 is 0. The standard InChI is InChI=1S/C47H33N3/c48-44(35-17-7-2-8-18-35)31-43(33-15-5-1-6-16-33)41-26-14-23-34-27-28-39(30-42(34)41)38-24-13-25-40(29-38)47-49-45(36-19-9-3-10-20-36)32-46(50-47)37-21-11-4-12-22-37/h1-32,48H/b43-31-,48-44?. The molecule has 50 heavy (non-hydrogen) atoms. The maximum atomic E-state index is 9.00. The van der Waals surface area contributed by atoms with Gasteiger partial charge in [-0.3, -0.25) is 0 Å². The summed E-state index contributed by atoms with van der Waals surface area (Å²) >= 11 is 0. The summed E-state index contributed by atoms with van der Waals surface area (Å²) in [6, 6.07) is 64.4. The third kappa shape index (κ3) is 6.41.